The van der Waals surface area contributed by atoms with E-state index in [4.69, 9.17) is 0 Å². The second-order valence-electron chi connectivity index (χ2n) is 3.79. The van der Waals surface area contributed by atoms with E-state index < -0.39 is 0 Å². The third-order valence-electron chi connectivity index (χ3n) is 2.64. The number of hydrogen-bond donors (Lipinski definition) is 3. The van der Waals surface area contributed by atoms with Gasteiger partial charge in [-0.1, -0.05) is 6.42 Å². The number of anilines is 1. The fraction of sp³-hybridized carbons (Fsp3) is 0.600. The van der Waals surface area contributed by atoms with E-state index in [0.29, 0.717) is 11.9 Å². The zero-order valence-electron chi connectivity index (χ0n) is 8.62. The molecule has 1 saturated heterocycles. The lowest BCUT2D eigenvalue weighted by Gasteiger charge is -2.23. The number of aromatic nitrogens is 2. The van der Waals surface area contributed by atoms with Crippen LogP contribution in [-0.2, 0) is 0 Å². The molecule has 0 aliphatic carbocycles. The lowest BCUT2D eigenvalue weighted by molar-refractivity contribution is 0.414. The molecular weight excluding hydrogens is 192 g/mol. The Kier molecular flexibility index (Phi) is 3.34. The van der Waals surface area contributed by atoms with Crippen molar-refractivity contribution in [2.45, 2.75) is 25.3 Å². The second kappa shape index (κ2) is 4.93. The Morgan fingerprint density at radius 1 is 1.53 bits per heavy atom. The molecule has 0 aromatic carbocycles. The molecule has 5 nitrogen and oxygen atoms in total. The van der Waals surface area contributed by atoms with Gasteiger partial charge in [-0.15, -0.1) is 0 Å². The average molecular weight is 208 g/mol. The van der Waals surface area contributed by atoms with E-state index in [1.54, 1.807) is 6.20 Å². The molecule has 1 aliphatic rings. The van der Waals surface area contributed by atoms with Gasteiger partial charge >= 0.3 is 0 Å². The predicted octanol–water partition coefficient (Wildman–Crippen LogP) is 0.324. The minimum atomic E-state index is -0.159. The highest BCUT2D eigenvalue weighted by Gasteiger charge is 2.12. The minimum Gasteiger partial charge on any atom is -0.364 e. The summed E-state index contributed by atoms with van der Waals surface area (Å²) in [6, 6.07) is 0.458. The average Bonchev–Trinajstić information content (AvgIpc) is 2.29. The normalized spacial score (nSPS) is 21.2. The van der Waals surface area contributed by atoms with Crippen LogP contribution in [-0.4, -0.2) is 29.1 Å². The van der Waals surface area contributed by atoms with Gasteiger partial charge in [0.15, 0.2) is 5.82 Å². The van der Waals surface area contributed by atoms with Crippen molar-refractivity contribution in [3.63, 3.8) is 0 Å². The van der Waals surface area contributed by atoms with Crippen molar-refractivity contribution in [2.75, 3.05) is 18.4 Å². The molecule has 15 heavy (non-hydrogen) atoms. The van der Waals surface area contributed by atoms with Gasteiger partial charge in [-0.2, -0.15) is 0 Å². The maximum atomic E-state index is 11.3. The molecule has 82 valence electrons. The van der Waals surface area contributed by atoms with Crippen LogP contribution >= 0.6 is 0 Å². The first-order chi connectivity index (χ1) is 7.36. The molecule has 1 aromatic rings. The summed E-state index contributed by atoms with van der Waals surface area (Å²) in [7, 11) is 0. The largest absolute Gasteiger partial charge is 0.364 e. The van der Waals surface area contributed by atoms with E-state index in [1.807, 2.05) is 0 Å². The summed E-state index contributed by atoms with van der Waals surface area (Å²) in [5.41, 5.74) is -0.159. The first-order valence-corrected chi connectivity index (χ1v) is 5.37. The van der Waals surface area contributed by atoms with Crippen LogP contribution in [0.25, 0.3) is 0 Å². The molecule has 5 heteroatoms. The number of H-pyrrole nitrogens is 1. The maximum absolute atomic E-state index is 11.3. The minimum absolute atomic E-state index is 0.159. The van der Waals surface area contributed by atoms with Gasteiger partial charge in [0.25, 0.3) is 5.56 Å². The van der Waals surface area contributed by atoms with Crippen LogP contribution in [0.2, 0.25) is 0 Å². The van der Waals surface area contributed by atoms with Crippen molar-refractivity contribution >= 4 is 5.82 Å². The van der Waals surface area contributed by atoms with Gasteiger partial charge in [0, 0.05) is 25.0 Å². The van der Waals surface area contributed by atoms with Crippen LogP contribution < -0.4 is 16.2 Å². The Labute approximate surface area is 88.3 Å². The second-order valence-corrected chi connectivity index (χ2v) is 3.79. The van der Waals surface area contributed by atoms with Crippen LogP contribution in [0.15, 0.2) is 17.2 Å². The maximum Gasteiger partial charge on any atom is 0.290 e. The Morgan fingerprint density at radius 3 is 3.20 bits per heavy atom. The fourth-order valence-corrected chi connectivity index (χ4v) is 1.80. The predicted molar refractivity (Wildman–Crippen MR) is 59.0 cm³/mol. The highest BCUT2D eigenvalue weighted by molar-refractivity contribution is 5.30. The van der Waals surface area contributed by atoms with E-state index in [2.05, 4.69) is 20.6 Å². The van der Waals surface area contributed by atoms with Gasteiger partial charge in [0.1, 0.15) is 0 Å². The quantitative estimate of drug-likeness (QED) is 0.669. The van der Waals surface area contributed by atoms with Crippen LogP contribution in [0, 0.1) is 0 Å². The summed E-state index contributed by atoms with van der Waals surface area (Å²) in [5.74, 6) is 0.407. The van der Waals surface area contributed by atoms with Crippen molar-refractivity contribution in [3.8, 4) is 0 Å². The zero-order chi connectivity index (χ0) is 10.5. The summed E-state index contributed by atoms with van der Waals surface area (Å²) in [4.78, 5) is 17.9. The Balaban J connectivity index is 1.87. The highest BCUT2D eigenvalue weighted by Crippen LogP contribution is 2.06. The van der Waals surface area contributed by atoms with Gasteiger partial charge in [0.2, 0.25) is 0 Å². The van der Waals surface area contributed by atoms with Crippen LogP contribution in [0.5, 0.6) is 0 Å². The summed E-state index contributed by atoms with van der Waals surface area (Å²) in [5, 5.41) is 6.47. The van der Waals surface area contributed by atoms with E-state index in [-0.39, 0.29) is 5.56 Å². The molecule has 1 aromatic heterocycles. The van der Waals surface area contributed by atoms with Crippen molar-refractivity contribution in [1.29, 1.82) is 0 Å². The topological polar surface area (TPSA) is 69.8 Å². The first-order valence-electron chi connectivity index (χ1n) is 5.37. The molecule has 1 aliphatic heterocycles. The number of hydrogen-bond acceptors (Lipinski definition) is 4. The van der Waals surface area contributed by atoms with E-state index in [0.717, 1.165) is 19.5 Å². The molecule has 0 spiro atoms. The third-order valence-corrected chi connectivity index (χ3v) is 2.64. The molecular formula is C10H16N4O. The lowest BCUT2D eigenvalue weighted by atomic mass is 10.1. The van der Waals surface area contributed by atoms with Crippen LogP contribution in [0.1, 0.15) is 19.3 Å². The zero-order valence-corrected chi connectivity index (χ0v) is 8.62. The van der Waals surface area contributed by atoms with Gasteiger partial charge in [-0.3, -0.25) is 4.79 Å². The smallest absolute Gasteiger partial charge is 0.290 e. The molecule has 0 amide bonds. The Morgan fingerprint density at radius 2 is 2.47 bits per heavy atom. The van der Waals surface area contributed by atoms with Gasteiger partial charge in [-0.25, -0.2) is 4.98 Å². The fourth-order valence-electron chi connectivity index (χ4n) is 1.80. The highest BCUT2D eigenvalue weighted by atomic mass is 16.1. The van der Waals surface area contributed by atoms with E-state index >= 15 is 0 Å². The van der Waals surface area contributed by atoms with E-state index in [1.165, 1.54) is 19.0 Å². The van der Waals surface area contributed by atoms with Crippen molar-refractivity contribution in [1.82, 2.24) is 15.3 Å². The number of aromatic amines is 1. The number of piperidine rings is 1. The standard InChI is InChI=1S/C10H16N4O/c15-10-9(12-5-6-13-10)14-7-8-3-1-2-4-11-8/h5-6,8,11H,1-4,7H2,(H,12,14)(H,13,15). The SMILES string of the molecule is O=c1[nH]ccnc1NCC1CCCCN1. The number of nitrogens with zero attached hydrogens (tertiary/aromatic N) is 1. The molecule has 1 atom stereocenters. The summed E-state index contributed by atoms with van der Waals surface area (Å²) < 4.78 is 0. The Bertz CT molecular complexity index is 356. The summed E-state index contributed by atoms with van der Waals surface area (Å²) >= 11 is 0. The summed E-state index contributed by atoms with van der Waals surface area (Å²) in [6.07, 6.45) is 6.79. The van der Waals surface area contributed by atoms with Crippen molar-refractivity contribution < 1.29 is 0 Å². The molecule has 2 rings (SSSR count). The molecule has 1 fully saturated rings. The van der Waals surface area contributed by atoms with Crippen LogP contribution in [0.4, 0.5) is 5.82 Å². The molecule has 0 bridgehead atoms. The molecule has 0 saturated carbocycles. The number of rotatable bonds is 3. The van der Waals surface area contributed by atoms with Crippen molar-refractivity contribution in [2.24, 2.45) is 0 Å². The summed E-state index contributed by atoms with van der Waals surface area (Å²) in [6.45, 7) is 1.84. The van der Waals surface area contributed by atoms with Crippen LogP contribution in [0.3, 0.4) is 0 Å². The molecule has 2 heterocycles. The van der Waals surface area contributed by atoms with Crippen molar-refractivity contribution in [3.05, 3.63) is 22.7 Å². The monoisotopic (exact) mass is 208 g/mol. The van der Waals surface area contributed by atoms with Gasteiger partial charge < -0.3 is 15.6 Å². The first kappa shape index (κ1) is 10.2. The number of nitrogens with one attached hydrogen (secondary N) is 3. The molecule has 3 N–H and O–H groups in total. The third kappa shape index (κ3) is 2.79. The Hall–Kier alpha value is -1.36. The molecule has 0 radical (unpaired) electrons. The van der Waals surface area contributed by atoms with E-state index in [9.17, 15) is 4.79 Å². The lowest BCUT2D eigenvalue weighted by Crippen LogP contribution is -2.39. The van der Waals surface area contributed by atoms with Gasteiger partial charge in [0.05, 0.1) is 0 Å². The van der Waals surface area contributed by atoms with Gasteiger partial charge in [-0.05, 0) is 19.4 Å². The molecule has 1 unspecified atom stereocenters.